The third-order valence-corrected chi connectivity index (χ3v) is 4.81. The van der Waals surface area contributed by atoms with Crippen LogP contribution in [0.15, 0.2) is 47.2 Å². The average molecular weight is 419 g/mol. The van der Waals surface area contributed by atoms with Crippen LogP contribution < -0.4 is 5.32 Å². The van der Waals surface area contributed by atoms with Crippen molar-refractivity contribution in [3.63, 3.8) is 0 Å². The number of imide groups is 1. The van der Waals surface area contributed by atoms with Crippen LogP contribution in [0.25, 0.3) is 11.3 Å². The largest absolute Gasteiger partial charge is 0.385 e. The minimum Gasteiger partial charge on any atom is -0.385 e. The van der Waals surface area contributed by atoms with Crippen LogP contribution in [0, 0.1) is 11.8 Å². The van der Waals surface area contributed by atoms with Gasteiger partial charge in [-0.25, -0.2) is 9.78 Å². The van der Waals surface area contributed by atoms with Gasteiger partial charge in [-0.05, 0) is 31.2 Å². The van der Waals surface area contributed by atoms with Crippen molar-refractivity contribution in [1.82, 2.24) is 24.9 Å². The second kappa shape index (κ2) is 8.85. The molecule has 1 atom stereocenters. The van der Waals surface area contributed by atoms with E-state index in [0.29, 0.717) is 24.6 Å². The number of nitrogens with zero attached hydrogens (tertiary/aromatic N) is 4. The van der Waals surface area contributed by atoms with E-state index in [1.807, 2.05) is 34.9 Å². The van der Waals surface area contributed by atoms with Crippen molar-refractivity contribution in [2.45, 2.75) is 26.0 Å². The van der Waals surface area contributed by atoms with E-state index in [2.05, 4.69) is 27.3 Å². The van der Waals surface area contributed by atoms with Gasteiger partial charge in [0.25, 0.3) is 0 Å². The number of aliphatic hydroxyl groups excluding tert-OH is 1. The highest BCUT2D eigenvalue weighted by molar-refractivity contribution is 6.01. The Bertz CT molecular complexity index is 1130. The molecule has 31 heavy (non-hydrogen) atoms. The maximum Gasteiger partial charge on any atom is 0.324 e. The number of hydrogen-bond donors (Lipinski definition) is 2. The number of imidazole rings is 1. The van der Waals surface area contributed by atoms with Crippen molar-refractivity contribution in [2.24, 2.45) is 0 Å². The minimum atomic E-state index is -0.664. The molecule has 0 spiro atoms. The van der Waals surface area contributed by atoms with Gasteiger partial charge in [0.2, 0.25) is 5.91 Å². The summed E-state index contributed by atoms with van der Waals surface area (Å²) in [5.74, 6) is 6.99. The van der Waals surface area contributed by atoms with Crippen molar-refractivity contribution in [1.29, 1.82) is 0 Å². The molecule has 0 radical (unpaired) electrons. The van der Waals surface area contributed by atoms with Crippen LogP contribution in [0.2, 0.25) is 0 Å². The number of nitrogens with one attached hydrogen (secondary N) is 1. The standard InChI is InChI=1S/C22H21N5O4/c1-15(28)21-23-9-11-26(21)14-18-12-19(31-25-18)17-7-5-16(6-8-17)4-2-3-10-27-20(29)13-24-22(27)30/h5-9,11-12,15,28H,3,10,13-14H2,1H3,(H,24,30)/t15-/m0/s1. The highest BCUT2D eigenvalue weighted by atomic mass is 16.5. The van der Waals surface area contributed by atoms with Gasteiger partial charge in [-0.1, -0.05) is 17.0 Å². The molecule has 2 N–H and O–H groups in total. The van der Waals surface area contributed by atoms with Gasteiger partial charge in [0.1, 0.15) is 17.6 Å². The summed E-state index contributed by atoms with van der Waals surface area (Å²) < 4.78 is 7.28. The molecule has 3 aromatic rings. The van der Waals surface area contributed by atoms with Crippen LogP contribution in [0.5, 0.6) is 0 Å². The van der Waals surface area contributed by atoms with Crippen molar-refractivity contribution >= 4 is 11.9 Å². The minimum absolute atomic E-state index is 0.0567. The van der Waals surface area contributed by atoms with E-state index in [4.69, 9.17) is 4.52 Å². The molecule has 1 aliphatic heterocycles. The van der Waals surface area contributed by atoms with E-state index in [1.165, 1.54) is 4.90 Å². The molecule has 4 rings (SSSR count). The van der Waals surface area contributed by atoms with Gasteiger partial charge in [-0.3, -0.25) is 9.69 Å². The fourth-order valence-corrected chi connectivity index (χ4v) is 3.25. The third-order valence-electron chi connectivity index (χ3n) is 4.81. The fraction of sp³-hybridized carbons (Fsp3) is 0.273. The zero-order valence-corrected chi connectivity index (χ0v) is 16.9. The molecule has 158 valence electrons. The number of hydrogen-bond acceptors (Lipinski definition) is 6. The molecule has 0 saturated carbocycles. The average Bonchev–Trinajstić information content (AvgIpc) is 3.48. The lowest BCUT2D eigenvalue weighted by molar-refractivity contribution is -0.124. The lowest BCUT2D eigenvalue weighted by atomic mass is 10.1. The van der Waals surface area contributed by atoms with Gasteiger partial charge in [-0.2, -0.15) is 0 Å². The fourth-order valence-electron chi connectivity index (χ4n) is 3.25. The third kappa shape index (κ3) is 4.65. The monoisotopic (exact) mass is 419 g/mol. The van der Waals surface area contributed by atoms with Crippen LogP contribution in [0.1, 0.15) is 36.5 Å². The Labute approximate surface area is 178 Å². The molecule has 0 unspecified atom stereocenters. The first-order valence-corrected chi connectivity index (χ1v) is 9.83. The van der Waals surface area contributed by atoms with Crippen molar-refractivity contribution in [3.8, 4) is 23.2 Å². The lowest BCUT2D eigenvalue weighted by Crippen LogP contribution is -2.31. The summed E-state index contributed by atoms with van der Waals surface area (Å²) in [4.78, 5) is 28.3. The number of rotatable bonds is 6. The molecule has 1 saturated heterocycles. The van der Waals surface area contributed by atoms with Gasteiger partial charge in [0.05, 0.1) is 13.1 Å². The first kappa shape index (κ1) is 20.4. The van der Waals surface area contributed by atoms with Gasteiger partial charge < -0.3 is 19.5 Å². The molecule has 0 aliphatic carbocycles. The summed E-state index contributed by atoms with van der Waals surface area (Å²) in [6.45, 7) is 2.45. The molecule has 9 heteroatoms. The van der Waals surface area contributed by atoms with Crippen LogP contribution >= 0.6 is 0 Å². The summed E-state index contributed by atoms with van der Waals surface area (Å²) in [5.41, 5.74) is 2.41. The highest BCUT2D eigenvalue weighted by Gasteiger charge is 2.27. The van der Waals surface area contributed by atoms with Crippen molar-refractivity contribution in [2.75, 3.05) is 13.1 Å². The first-order chi connectivity index (χ1) is 15.0. The summed E-state index contributed by atoms with van der Waals surface area (Å²) in [6.07, 6.45) is 3.17. The maximum absolute atomic E-state index is 11.5. The Morgan fingerprint density at radius 1 is 1.29 bits per heavy atom. The molecule has 9 nitrogen and oxygen atoms in total. The number of benzene rings is 1. The van der Waals surface area contributed by atoms with E-state index in [0.717, 1.165) is 16.8 Å². The predicted molar refractivity (Wildman–Crippen MR) is 111 cm³/mol. The van der Waals surface area contributed by atoms with E-state index < -0.39 is 6.10 Å². The zero-order valence-electron chi connectivity index (χ0n) is 16.9. The molecule has 0 bridgehead atoms. The summed E-state index contributed by atoms with van der Waals surface area (Å²) in [6, 6.07) is 9.02. The topological polar surface area (TPSA) is 113 Å². The van der Waals surface area contributed by atoms with Gasteiger partial charge >= 0.3 is 6.03 Å². The van der Waals surface area contributed by atoms with E-state index in [9.17, 15) is 14.7 Å². The second-order valence-corrected chi connectivity index (χ2v) is 7.11. The van der Waals surface area contributed by atoms with Gasteiger partial charge in [0, 0.05) is 42.6 Å². The molecule has 2 aromatic heterocycles. The summed E-state index contributed by atoms with van der Waals surface area (Å²) >= 11 is 0. The van der Waals surface area contributed by atoms with Crippen LogP contribution in [0.3, 0.4) is 0 Å². The number of aromatic nitrogens is 3. The lowest BCUT2D eigenvalue weighted by Gasteiger charge is -2.08. The molecule has 1 aromatic carbocycles. The zero-order chi connectivity index (χ0) is 21.8. The Kier molecular flexibility index (Phi) is 5.82. The molecular formula is C22H21N5O4. The Morgan fingerprint density at radius 2 is 2.10 bits per heavy atom. The van der Waals surface area contributed by atoms with Crippen molar-refractivity contribution < 1.29 is 19.2 Å². The Balaban J connectivity index is 1.36. The first-order valence-electron chi connectivity index (χ1n) is 9.83. The number of carbonyl (C=O) groups excluding carboxylic acids is 2. The molecule has 1 fully saturated rings. The molecular weight excluding hydrogens is 398 g/mol. The van der Waals surface area contributed by atoms with Crippen LogP contribution in [-0.4, -0.2) is 49.7 Å². The number of urea groups is 1. The smallest absolute Gasteiger partial charge is 0.324 e. The van der Waals surface area contributed by atoms with E-state index in [1.54, 1.807) is 19.3 Å². The van der Waals surface area contributed by atoms with E-state index in [-0.39, 0.29) is 25.0 Å². The van der Waals surface area contributed by atoms with Crippen molar-refractivity contribution in [3.05, 3.63) is 59.8 Å². The summed E-state index contributed by atoms with van der Waals surface area (Å²) in [5, 5.41) is 16.3. The number of amides is 3. The SMILES string of the molecule is C[C@H](O)c1nccn1Cc1cc(-c2ccc(C#CCCN3C(=O)CNC3=O)cc2)on1. The molecule has 3 amide bonds. The van der Waals surface area contributed by atoms with Crippen LogP contribution in [-0.2, 0) is 11.3 Å². The normalized spacial score (nSPS) is 14.3. The Morgan fingerprint density at radius 3 is 2.81 bits per heavy atom. The van der Waals surface area contributed by atoms with E-state index >= 15 is 0 Å². The highest BCUT2D eigenvalue weighted by Crippen LogP contribution is 2.22. The van der Waals surface area contributed by atoms with Crippen LogP contribution in [0.4, 0.5) is 4.79 Å². The maximum atomic E-state index is 11.5. The van der Waals surface area contributed by atoms with Gasteiger partial charge in [-0.15, -0.1) is 0 Å². The van der Waals surface area contributed by atoms with Gasteiger partial charge in [0.15, 0.2) is 5.76 Å². The Hall–Kier alpha value is -3.90. The second-order valence-electron chi connectivity index (χ2n) is 7.11. The summed E-state index contributed by atoms with van der Waals surface area (Å²) in [7, 11) is 0. The predicted octanol–water partition coefficient (Wildman–Crippen LogP) is 1.93. The number of aliphatic hydroxyl groups is 1. The quantitative estimate of drug-likeness (QED) is 0.466. The molecule has 1 aliphatic rings. The number of carbonyl (C=O) groups is 2. The molecule has 3 heterocycles.